The molecular formula is C54H35NO. The Bertz CT molecular complexity index is 3230. The minimum Gasteiger partial charge on any atom is -0.453 e. The lowest BCUT2D eigenvalue weighted by molar-refractivity contribution is 0.670. The van der Waals surface area contributed by atoms with Crippen LogP contribution in [0.5, 0.6) is 0 Å². The van der Waals surface area contributed by atoms with Gasteiger partial charge in [-0.3, -0.25) is 0 Å². The van der Waals surface area contributed by atoms with Crippen LogP contribution in [0.25, 0.3) is 87.6 Å². The molecule has 0 bridgehead atoms. The van der Waals surface area contributed by atoms with Crippen molar-refractivity contribution in [2.45, 2.75) is 0 Å². The number of nitrogens with zero attached hydrogens (tertiary/aromatic N) is 1. The average Bonchev–Trinajstić information content (AvgIpc) is 3.66. The van der Waals surface area contributed by atoms with Crippen molar-refractivity contribution in [2.75, 3.05) is 4.90 Å². The van der Waals surface area contributed by atoms with Gasteiger partial charge in [0.15, 0.2) is 5.58 Å². The van der Waals surface area contributed by atoms with E-state index in [1.54, 1.807) is 0 Å². The molecule has 262 valence electrons. The summed E-state index contributed by atoms with van der Waals surface area (Å²) < 4.78 is 7.13. The van der Waals surface area contributed by atoms with Crippen molar-refractivity contribution in [3.63, 3.8) is 0 Å². The normalized spacial score (nSPS) is 11.6. The second kappa shape index (κ2) is 13.2. The topological polar surface area (TPSA) is 16.4 Å². The molecule has 0 unspecified atom stereocenters. The molecule has 2 nitrogen and oxygen atoms in total. The van der Waals surface area contributed by atoms with Gasteiger partial charge in [-0.25, -0.2) is 0 Å². The maximum atomic E-state index is 7.13. The van der Waals surface area contributed by atoms with E-state index in [0.29, 0.717) is 0 Å². The Balaban J connectivity index is 1.18. The van der Waals surface area contributed by atoms with Gasteiger partial charge in [-0.15, -0.1) is 0 Å². The highest BCUT2D eigenvalue weighted by Crippen LogP contribution is 2.47. The predicted molar refractivity (Wildman–Crippen MR) is 237 cm³/mol. The average molecular weight is 714 g/mol. The molecule has 56 heavy (non-hydrogen) atoms. The zero-order valence-electron chi connectivity index (χ0n) is 30.6. The summed E-state index contributed by atoms with van der Waals surface area (Å²) >= 11 is 0. The summed E-state index contributed by atoms with van der Waals surface area (Å²) in [7, 11) is 0. The van der Waals surface area contributed by atoms with E-state index < -0.39 is 0 Å². The van der Waals surface area contributed by atoms with Gasteiger partial charge in [0.2, 0.25) is 0 Å². The van der Waals surface area contributed by atoms with Gasteiger partial charge in [-0.1, -0.05) is 176 Å². The molecule has 11 aromatic rings. The minimum atomic E-state index is 0.847. The Morgan fingerprint density at radius 1 is 0.286 bits per heavy atom. The van der Waals surface area contributed by atoms with Crippen molar-refractivity contribution in [2.24, 2.45) is 0 Å². The summed E-state index contributed by atoms with van der Waals surface area (Å²) in [6.07, 6.45) is 0. The van der Waals surface area contributed by atoms with Crippen molar-refractivity contribution >= 4 is 71.3 Å². The van der Waals surface area contributed by atoms with E-state index in [1.807, 2.05) is 0 Å². The Hall–Kier alpha value is -7.42. The molecule has 1 aromatic heterocycles. The van der Waals surface area contributed by atoms with Gasteiger partial charge in [0.05, 0.1) is 5.69 Å². The van der Waals surface area contributed by atoms with Crippen molar-refractivity contribution < 1.29 is 4.42 Å². The van der Waals surface area contributed by atoms with Crippen molar-refractivity contribution in [3.8, 4) is 33.4 Å². The lowest BCUT2D eigenvalue weighted by Crippen LogP contribution is -2.10. The molecule has 0 aliphatic rings. The van der Waals surface area contributed by atoms with Gasteiger partial charge < -0.3 is 9.32 Å². The molecule has 1 heterocycles. The van der Waals surface area contributed by atoms with Crippen LogP contribution in [0.2, 0.25) is 0 Å². The quantitative estimate of drug-likeness (QED) is 0.160. The maximum Gasteiger partial charge on any atom is 0.159 e. The van der Waals surface area contributed by atoms with Crippen LogP contribution in [-0.4, -0.2) is 0 Å². The summed E-state index contributed by atoms with van der Waals surface area (Å²) in [5.74, 6) is 0. The number of anilines is 3. The van der Waals surface area contributed by atoms with Crippen LogP contribution in [0.15, 0.2) is 217 Å². The van der Waals surface area contributed by atoms with Crippen LogP contribution in [0, 0.1) is 0 Å². The Kier molecular flexibility index (Phi) is 7.53. The zero-order valence-corrected chi connectivity index (χ0v) is 30.6. The largest absolute Gasteiger partial charge is 0.453 e. The van der Waals surface area contributed by atoms with E-state index in [4.69, 9.17) is 4.42 Å². The number of hydrogen-bond donors (Lipinski definition) is 0. The van der Waals surface area contributed by atoms with Crippen molar-refractivity contribution in [3.05, 3.63) is 212 Å². The Morgan fingerprint density at radius 2 is 0.857 bits per heavy atom. The number of para-hydroxylation sites is 1. The van der Waals surface area contributed by atoms with Gasteiger partial charge >= 0.3 is 0 Å². The van der Waals surface area contributed by atoms with Crippen LogP contribution >= 0.6 is 0 Å². The van der Waals surface area contributed by atoms with E-state index in [1.165, 1.54) is 43.4 Å². The number of benzene rings is 10. The van der Waals surface area contributed by atoms with Crippen LogP contribution in [0.3, 0.4) is 0 Å². The van der Waals surface area contributed by atoms with Gasteiger partial charge in [0.25, 0.3) is 0 Å². The first-order valence-electron chi connectivity index (χ1n) is 19.2. The standard InChI is InChI=1S/C54H35NO/c1-3-13-36(14-4-1)42-34-51-50-24-12-23-49(38-15-5-2-6-16-38)53(50)56-54(51)52(35-42)55(44-31-32-48-41(33-44)26-25-39-18-8-10-21-46(39)48)43-29-27-40(28-30-43)47-22-11-19-37-17-7-9-20-45(37)47/h1-35H. The lowest BCUT2D eigenvalue weighted by Gasteiger charge is -2.27. The molecule has 0 spiro atoms. The summed E-state index contributed by atoms with van der Waals surface area (Å²) in [5.41, 5.74) is 11.7. The smallest absolute Gasteiger partial charge is 0.159 e. The second-order valence-electron chi connectivity index (χ2n) is 14.5. The number of rotatable bonds is 6. The molecule has 0 fully saturated rings. The first-order valence-corrected chi connectivity index (χ1v) is 19.2. The fourth-order valence-electron chi connectivity index (χ4n) is 8.52. The highest BCUT2D eigenvalue weighted by molar-refractivity contribution is 6.15. The molecule has 0 aliphatic heterocycles. The third-order valence-electron chi connectivity index (χ3n) is 11.2. The van der Waals surface area contributed by atoms with Gasteiger partial charge in [-0.2, -0.15) is 0 Å². The number of fused-ring (bicyclic) bond motifs is 7. The number of furan rings is 1. The summed E-state index contributed by atoms with van der Waals surface area (Å²) in [5, 5.41) is 9.57. The van der Waals surface area contributed by atoms with Crippen molar-refractivity contribution in [1.82, 2.24) is 0 Å². The van der Waals surface area contributed by atoms with Crippen LogP contribution in [0.4, 0.5) is 17.1 Å². The summed E-state index contributed by atoms with van der Waals surface area (Å²) in [6.45, 7) is 0. The van der Waals surface area contributed by atoms with Crippen LogP contribution in [-0.2, 0) is 0 Å². The monoisotopic (exact) mass is 713 g/mol. The first kappa shape index (κ1) is 32.0. The lowest BCUT2D eigenvalue weighted by atomic mass is 9.97. The van der Waals surface area contributed by atoms with Crippen molar-refractivity contribution in [1.29, 1.82) is 0 Å². The molecule has 0 saturated carbocycles. The molecule has 0 aliphatic carbocycles. The molecule has 11 rings (SSSR count). The molecule has 2 heteroatoms. The fraction of sp³-hybridized carbons (Fsp3) is 0. The fourth-order valence-corrected chi connectivity index (χ4v) is 8.52. The Labute approximate surface area is 325 Å². The second-order valence-corrected chi connectivity index (χ2v) is 14.5. The summed E-state index contributed by atoms with van der Waals surface area (Å²) in [6, 6.07) is 76.4. The maximum absolute atomic E-state index is 7.13. The SMILES string of the molecule is c1ccc(-c2cc(N(c3ccc(-c4cccc5ccccc45)cc3)c3ccc4c(ccc5ccccc54)c3)c3oc4c(-c5ccccc5)cccc4c3c2)cc1. The van der Waals surface area contributed by atoms with Crippen LogP contribution < -0.4 is 4.90 Å². The van der Waals surface area contributed by atoms with E-state index in [2.05, 4.69) is 217 Å². The number of hydrogen-bond acceptors (Lipinski definition) is 2. The minimum absolute atomic E-state index is 0.847. The third kappa shape index (κ3) is 5.34. The molecule has 10 aromatic carbocycles. The summed E-state index contributed by atoms with van der Waals surface area (Å²) in [4.78, 5) is 2.38. The molecule has 0 N–H and O–H groups in total. The van der Waals surface area contributed by atoms with Gasteiger partial charge in [0.1, 0.15) is 5.58 Å². The molecule has 0 atom stereocenters. The van der Waals surface area contributed by atoms with Crippen LogP contribution in [0.1, 0.15) is 0 Å². The van der Waals surface area contributed by atoms with E-state index in [9.17, 15) is 0 Å². The molecule has 0 radical (unpaired) electrons. The van der Waals surface area contributed by atoms with E-state index in [0.717, 1.165) is 61.3 Å². The molecule has 0 amide bonds. The molecular weight excluding hydrogens is 679 g/mol. The molecule has 0 saturated heterocycles. The zero-order chi connectivity index (χ0) is 37.0. The van der Waals surface area contributed by atoms with Gasteiger partial charge in [0, 0.05) is 27.7 Å². The highest BCUT2D eigenvalue weighted by atomic mass is 16.3. The first-order chi connectivity index (χ1) is 27.8. The van der Waals surface area contributed by atoms with E-state index >= 15 is 0 Å². The highest BCUT2D eigenvalue weighted by Gasteiger charge is 2.23. The predicted octanol–water partition coefficient (Wildman–Crippen LogP) is 15.5. The van der Waals surface area contributed by atoms with Gasteiger partial charge in [-0.05, 0) is 96.5 Å². The Morgan fingerprint density at radius 3 is 1.66 bits per heavy atom. The third-order valence-corrected chi connectivity index (χ3v) is 11.2. The van der Waals surface area contributed by atoms with E-state index in [-0.39, 0.29) is 0 Å².